The maximum Gasteiger partial charge on any atom is 0.127 e. The maximum atomic E-state index is 14.6. The molecule has 0 spiro atoms. The number of rotatable bonds is 9. The van der Waals surface area contributed by atoms with Gasteiger partial charge in [-0.15, -0.1) is 0 Å². The molecule has 0 bridgehead atoms. The number of nitrogens with zero attached hydrogens (tertiary/aromatic N) is 5. The molecule has 0 aliphatic carbocycles. The number of benzene rings is 1. The van der Waals surface area contributed by atoms with Crippen LogP contribution in [0.4, 0.5) is 4.39 Å². The Balaban J connectivity index is 1.50. The molecule has 0 amide bonds. The second-order valence-corrected chi connectivity index (χ2v) is 9.33. The molecule has 0 atom stereocenters. The Labute approximate surface area is 220 Å². The predicted molar refractivity (Wildman–Crippen MR) is 148 cm³/mol. The number of aromatic amines is 2. The zero-order chi connectivity index (χ0) is 26.6. The number of aromatic nitrogens is 6. The summed E-state index contributed by atoms with van der Waals surface area (Å²) in [6.07, 6.45) is 13.3. The SMILES string of the molecule is C/C=C/C=C(/c1cc(F)cc(OCCN(C)C)c1)c1c[nH]c(-c2n[nH]c3cnc(-c4cnn(C)c4)cc23)c1. The van der Waals surface area contributed by atoms with E-state index >= 15 is 0 Å². The Morgan fingerprint density at radius 2 is 2.00 bits per heavy atom. The van der Waals surface area contributed by atoms with E-state index in [0.717, 1.165) is 56.8 Å². The topological polar surface area (TPSA) is 87.7 Å². The molecule has 0 aliphatic rings. The predicted octanol–water partition coefficient (Wildman–Crippen LogP) is 5.44. The van der Waals surface area contributed by atoms with Gasteiger partial charge >= 0.3 is 0 Å². The summed E-state index contributed by atoms with van der Waals surface area (Å²) in [5.41, 5.74) is 6.67. The first-order valence-corrected chi connectivity index (χ1v) is 12.3. The van der Waals surface area contributed by atoms with Crippen LogP contribution in [0.15, 0.2) is 73.3 Å². The van der Waals surface area contributed by atoms with E-state index in [0.29, 0.717) is 12.4 Å². The van der Waals surface area contributed by atoms with Crippen LogP contribution in [0.1, 0.15) is 18.1 Å². The van der Waals surface area contributed by atoms with E-state index in [4.69, 9.17) is 4.74 Å². The molecule has 4 heterocycles. The number of allylic oxidation sites excluding steroid dienone is 3. The second kappa shape index (κ2) is 10.9. The monoisotopic (exact) mass is 511 g/mol. The Bertz CT molecular complexity index is 1620. The smallest absolute Gasteiger partial charge is 0.127 e. The zero-order valence-corrected chi connectivity index (χ0v) is 21.9. The van der Waals surface area contributed by atoms with Crippen LogP contribution in [0.2, 0.25) is 0 Å². The van der Waals surface area contributed by atoms with Gasteiger partial charge in [0.15, 0.2) is 0 Å². The van der Waals surface area contributed by atoms with Crippen molar-refractivity contribution in [3.63, 3.8) is 0 Å². The fourth-order valence-corrected chi connectivity index (χ4v) is 4.22. The van der Waals surface area contributed by atoms with Crippen molar-refractivity contribution in [2.75, 3.05) is 27.2 Å². The van der Waals surface area contributed by atoms with Crippen LogP contribution in [0.5, 0.6) is 5.75 Å². The van der Waals surface area contributed by atoms with E-state index in [9.17, 15) is 4.39 Å². The number of aryl methyl sites for hydroxylation is 1. The fourth-order valence-electron chi connectivity index (χ4n) is 4.22. The Kier molecular flexibility index (Phi) is 7.19. The van der Waals surface area contributed by atoms with Crippen molar-refractivity contribution in [3.05, 3.63) is 90.3 Å². The third-order valence-electron chi connectivity index (χ3n) is 6.14. The lowest BCUT2D eigenvalue weighted by Crippen LogP contribution is -2.19. The molecule has 0 saturated carbocycles. The molecular formula is C29H30FN7O. The van der Waals surface area contributed by atoms with Gasteiger partial charge in [0.1, 0.15) is 23.9 Å². The zero-order valence-electron chi connectivity index (χ0n) is 21.9. The number of hydrogen-bond acceptors (Lipinski definition) is 5. The highest BCUT2D eigenvalue weighted by molar-refractivity contribution is 5.94. The highest BCUT2D eigenvalue weighted by Crippen LogP contribution is 2.33. The number of ether oxygens (including phenoxy) is 1. The van der Waals surface area contributed by atoms with Crippen molar-refractivity contribution >= 4 is 16.5 Å². The van der Waals surface area contributed by atoms with Crippen LogP contribution in [0.25, 0.3) is 39.1 Å². The molecule has 0 aliphatic heterocycles. The van der Waals surface area contributed by atoms with Gasteiger partial charge in [0.2, 0.25) is 0 Å². The summed E-state index contributed by atoms with van der Waals surface area (Å²) in [6, 6.07) is 8.84. The van der Waals surface area contributed by atoms with Gasteiger partial charge in [0.05, 0.1) is 29.3 Å². The van der Waals surface area contributed by atoms with Gasteiger partial charge in [-0.1, -0.05) is 18.2 Å². The van der Waals surface area contributed by atoms with Gasteiger partial charge in [0, 0.05) is 48.6 Å². The third-order valence-corrected chi connectivity index (χ3v) is 6.14. The normalized spacial score (nSPS) is 12.3. The summed E-state index contributed by atoms with van der Waals surface area (Å²) in [7, 11) is 5.82. The first-order chi connectivity index (χ1) is 18.4. The molecule has 38 heavy (non-hydrogen) atoms. The average molecular weight is 512 g/mol. The lowest BCUT2D eigenvalue weighted by Gasteiger charge is -2.13. The number of fused-ring (bicyclic) bond motifs is 1. The summed E-state index contributed by atoms with van der Waals surface area (Å²) in [5.74, 6) is 0.149. The molecule has 5 rings (SSSR count). The standard InChI is InChI=1S/C29H30FN7O/c1-5-6-7-24(19-10-22(30)13-23(11-19)38-9-8-36(2)3)20-12-27(31-15-20)29-25-14-26(21-16-33-37(4)18-21)32-17-28(25)34-35-29/h5-7,10-18,31H,8-9H2,1-4H3,(H,34,35)/b6-5+,24-7-. The minimum Gasteiger partial charge on any atom is -0.492 e. The molecule has 8 nitrogen and oxygen atoms in total. The first kappa shape index (κ1) is 25.2. The van der Waals surface area contributed by atoms with E-state index in [-0.39, 0.29) is 5.82 Å². The molecule has 5 aromatic rings. The molecule has 2 N–H and O–H groups in total. The molecular weight excluding hydrogens is 481 g/mol. The molecule has 194 valence electrons. The van der Waals surface area contributed by atoms with Crippen molar-refractivity contribution in [3.8, 4) is 28.4 Å². The molecule has 4 aromatic heterocycles. The largest absolute Gasteiger partial charge is 0.492 e. The van der Waals surface area contributed by atoms with Gasteiger partial charge in [-0.3, -0.25) is 14.8 Å². The Hall–Kier alpha value is -4.50. The first-order valence-electron chi connectivity index (χ1n) is 12.3. The quantitative estimate of drug-likeness (QED) is 0.257. The van der Waals surface area contributed by atoms with Gasteiger partial charge in [-0.05, 0) is 56.4 Å². The minimum atomic E-state index is -0.349. The van der Waals surface area contributed by atoms with E-state index < -0.39 is 0 Å². The van der Waals surface area contributed by atoms with Crippen LogP contribution < -0.4 is 4.74 Å². The number of halogens is 1. The van der Waals surface area contributed by atoms with E-state index in [2.05, 4.69) is 25.3 Å². The van der Waals surface area contributed by atoms with Crippen molar-refractivity contribution in [1.82, 2.24) is 34.8 Å². The third kappa shape index (κ3) is 5.42. The summed E-state index contributed by atoms with van der Waals surface area (Å²) in [6.45, 7) is 3.16. The van der Waals surface area contributed by atoms with E-state index in [1.807, 2.05) is 81.8 Å². The van der Waals surface area contributed by atoms with Gasteiger partial charge in [-0.2, -0.15) is 10.2 Å². The van der Waals surface area contributed by atoms with Gasteiger partial charge in [-0.25, -0.2) is 4.39 Å². The molecule has 0 unspecified atom stereocenters. The van der Waals surface area contributed by atoms with Crippen molar-refractivity contribution < 1.29 is 9.13 Å². The van der Waals surface area contributed by atoms with Crippen molar-refractivity contribution in [1.29, 1.82) is 0 Å². The molecule has 0 fully saturated rings. The van der Waals surface area contributed by atoms with Crippen LogP contribution in [-0.4, -0.2) is 62.1 Å². The average Bonchev–Trinajstić information content (AvgIpc) is 3.63. The van der Waals surface area contributed by atoms with Crippen LogP contribution in [-0.2, 0) is 7.05 Å². The number of pyridine rings is 1. The molecule has 1 aromatic carbocycles. The summed E-state index contributed by atoms with van der Waals surface area (Å²) >= 11 is 0. The van der Waals surface area contributed by atoms with Crippen LogP contribution >= 0.6 is 0 Å². The Morgan fingerprint density at radius 1 is 1.13 bits per heavy atom. The number of nitrogens with one attached hydrogen (secondary N) is 2. The molecule has 9 heteroatoms. The highest BCUT2D eigenvalue weighted by atomic mass is 19.1. The fraction of sp³-hybridized carbons (Fsp3) is 0.207. The van der Waals surface area contributed by atoms with E-state index in [1.165, 1.54) is 12.1 Å². The number of hydrogen-bond donors (Lipinski definition) is 2. The highest BCUT2D eigenvalue weighted by Gasteiger charge is 2.16. The summed E-state index contributed by atoms with van der Waals surface area (Å²) in [5, 5.41) is 12.8. The summed E-state index contributed by atoms with van der Waals surface area (Å²) in [4.78, 5) is 9.92. The van der Waals surface area contributed by atoms with Crippen LogP contribution in [0.3, 0.4) is 0 Å². The summed E-state index contributed by atoms with van der Waals surface area (Å²) < 4.78 is 22.2. The number of H-pyrrole nitrogens is 2. The Morgan fingerprint density at radius 3 is 2.76 bits per heavy atom. The van der Waals surface area contributed by atoms with Crippen molar-refractivity contribution in [2.45, 2.75) is 6.92 Å². The van der Waals surface area contributed by atoms with Crippen LogP contribution in [0, 0.1) is 5.82 Å². The minimum absolute atomic E-state index is 0.349. The van der Waals surface area contributed by atoms with Gasteiger partial charge in [0.25, 0.3) is 0 Å². The second-order valence-electron chi connectivity index (χ2n) is 9.33. The maximum absolute atomic E-state index is 14.6. The molecule has 0 saturated heterocycles. The lowest BCUT2D eigenvalue weighted by atomic mass is 9.98. The number of likely N-dealkylation sites (N-methyl/N-ethyl adjacent to an activating group) is 1. The van der Waals surface area contributed by atoms with Crippen molar-refractivity contribution in [2.24, 2.45) is 7.05 Å². The molecule has 0 radical (unpaired) electrons. The lowest BCUT2D eigenvalue weighted by molar-refractivity contribution is 0.260. The van der Waals surface area contributed by atoms with E-state index in [1.54, 1.807) is 17.1 Å². The van der Waals surface area contributed by atoms with Gasteiger partial charge < -0.3 is 14.6 Å².